The average Bonchev–Trinajstić information content (AvgIpc) is 2.89. The summed E-state index contributed by atoms with van der Waals surface area (Å²) >= 11 is 1.63. The second-order valence-corrected chi connectivity index (χ2v) is 5.25. The van der Waals surface area contributed by atoms with Gasteiger partial charge in [-0.25, -0.2) is 0 Å². The second kappa shape index (κ2) is 6.43. The van der Waals surface area contributed by atoms with E-state index in [-0.39, 0.29) is 5.91 Å². The lowest BCUT2D eigenvalue weighted by Crippen LogP contribution is -2.23. The number of hydrogen-bond acceptors (Lipinski definition) is 4. The molecule has 0 spiro atoms. The van der Waals surface area contributed by atoms with Crippen LogP contribution < -0.4 is 14.8 Å². The molecule has 1 heterocycles. The molecule has 4 nitrogen and oxygen atoms in total. The Bertz CT molecular complexity index is 607. The predicted octanol–water partition coefficient (Wildman–Crippen LogP) is 3.00. The van der Waals surface area contributed by atoms with E-state index in [4.69, 9.17) is 9.47 Å². The quantitative estimate of drug-likeness (QED) is 0.921. The number of rotatable bonds is 5. The van der Waals surface area contributed by atoms with Crippen LogP contribution in [-0.4, -0.2) is 20.1 Å². The lowest BCUT2D eigenvalue weighted by molar-refractivity contribution is 0.0947. The van der Waals surface area contributed by atoms with Crippen LogP contribution in [0.15, 0.2) is 29.6 Å². The van der Waals surface area contributed by atoms with Crippen LogP contribution in [0.5, 0.6) is 11.5 Å². The number of carbonyl (C=O) groups is 1. The van der Waals surface area contributed by atoms with Gasteiger partial charge >= 0.3 is 0 Å². The summed E-state index contributed by atoms with van der Waals surface area (Å²) in [6, 6.07) is 7.29. The molecule has 0 fully saturated rings. The summed E-state index contributed by atoms with van der Waals surface area (Å²) in [7, 11) is 3.08. The fourth-order valence-corrected chi connectivity index (χ4v) is 2.75. The van der Waals surface area contributed by atoms with Gasteiger partial charge in [0, 0.05) is 4.88 Å². The van der Waals surface area contributed by atoms with Gasteiger partial charge in [0.05, 0.1) is 26.3 Å². The topological polar surface area (TPSA) is 47.6 Å². The molecule has 1 amide bonds. The molecule has 0 unspecified atom stereocenters. The average molecular weight is 291 g/mol. The van der Waals surface area contributed by atoms with E-state index < -0.39 is 0 Å². The molecule has 5 heteroatoms. The van der Waals surface area contributed by atoms with Gasteiger partial charge in [-0.15, -0.1) is 11.3 Å². The molecular formula is C15H17NO3S. The maximum atomic E-state index is 12.3. The van der Waals surface area contributed by atoms with Gasteiger partial charge in [-0.3, -0.25) is 4.79 Å². The van der Waals surface area contributed by atoms with Crippen LogP contribution in [0, 0.1) is 6.92 Å². The Hall–Kier alpha value is -2.01. The third-order valence-corrected chi connectivity index (χ3v) is 4.05. The second-order valence-electron chi connectivity index (χ2n) is 4.25. The van der Waals surface area contributed by atoms with Crippen molar-refractivity contribution in [2.45, 2.75) is 13.5 Å². The summed E-state index contributed by atoms with van der Waals surface area (Å²) in [6.45, 7) is 2.55. The predicted molar refractivity (Wildman–Crippen MR) is 79.8 cm³/mol. The van der Waals surface area contributed by atoms with Gasteiger partial charge in [-0.2, -0.15) is 0 Å². The van der Waals surface area contributed by atoms with E-state index in [0.717, 1.165) is 4.88 Å². The number of hydrogen-bond donors (Lipinski definition) is 1. The van der Waals surface area contributed by atoms with E-state index in [9.17, 15) is 4.79 Å². The van der Waals surface area contributed by atoms with Crippen molar-refractivity contribution in [2.24, 2.45) is 0 Å². The molecule has 0 aliphatic carbocycles. The summed E-state index contributed by atoms with van der Waals surface area (Å²) in [5, 5.41) is 4.92. The number of nitrogens with one attached hydrogen (secondary N) is 1. The Labute approximate surface area is 122 Å². The van der Waals surface area contributed by atoms with Gasteiger partial charge in [-0.1, -0.05) is 6.07 Å². The largest absolute Gasteiger partial charge is 0.493 e. The van der Waals surface area contributed by atoms with E-state index in [2.05, 4.69) is 5.32 Å². The molecular weight excluding hydrogens is 274 g/mol. The standard InChI is InChI=1S/C15H17NO3S/c1-10-7-8-20-13(10)9-16-15(17)11-5-4-6-12(18-2)14(11)19-3/h4-8H,9H2,1-3H3,(H,16,17). The number of ether oxygens (including phenoxy) is 2. The van der Waals surface area contributed by atoms with Crippen molar-refractivity contribution in [3.63, 3.8) is 0 Å². The van der Waals surface area contributed by atoms with Crippen molar-refractivity contribution in [3.05, 3.63) is 45.6 Å². The molecule has 0 saturated carbocycles. The molecule has 106 valence electrons. The first-order valence-corrected chi connectivity index (χ1v) is 7.07. The highest BCUT2D eigenvalue weighted by Crippen LogP contribution is 2.30. The molecule has 0 aliphatic rings. The minimum Gasteiger partial charge on any atom is -0.493 e. The van der Waals surface area contributed by atoms with Crippen molar-refractivity contribution in [3.8, 4) is 11.5 Å². The van der Waals surface area contributed by atoms with Gasteiger partial charge in [0.1, 0.15) is 0 Å². The van der Waals surface area contributed by atoms with Gasteiger partial charge in [0.2, 0.25) is 0 Å². The van der Waals surface area contributed by atoms with Gasteiger partial charge < -0.3 is 14.8 Å². The van der Waals surface area contributed by atoms with Crippen LogP contribution in [0.25, 0.3) is 0 Å². The number of para-hydroxylation sites is 1. The molecule has 20 heavy (non-hydrogen) atoms. The number of carbonyl (C=O) groups excluding carboxylic acids is 1. The van der Waals surface area contributed by atoms with Crippen LogP contribution in [0.1, 0.15) is 20.8 Å². The Kier molecular flexibility index (Phi) is 4.63. The third-order valence-electron chi connectivity index (χ3n) is 3.03. The molecule has 0 saturated heterocycles. The number of thiophene rings is 1. The molecule has 0 radical (unpaired) electrons. The summed E-state index contributed by atoms with van der Waals surface area (Å²) in [5.41, 5.74) is 1.66. The molecule has 1 N–H and O–H groups in total. The van der Waals surface area contributed by atoms with Crippen molar-refractivity contribution in [1.82, 2.24) is 5.32 Å². The summed E-state index contributed by atoms with van der Waals surface area (Å²) in [6.07, 6.45) is 0. The molecule has 2 rings (SSSR count). The molecule has 1 aromatic heterocycles. The van der Waals surface area contributed by atoms with Crippen LogP contribution in [0.2, 0.25) is 0 Å². The molecule has 0 atom stereocenters. The molecule has 0 bridgehead atoms. The zero-order chi connectivity index (χ0) is 14.5. The maximum absolute atomic E-state index is 12.3. The summed E-state index contributed by atoms with van der Waals surface area (Å²) < 4.78 is 10.5. The number of methoxy groups -OCH3 is 2. The van der Waals surface area contributed by atoms with Crippen molar-refractivity contribution >= 4 is 17.2 Å². The highest BCUT2D eigenvalue weighted by Gasteiger charge is 2.16. The Morgan fingerprint density at radius 1 is 1.25 bits per heavy atom. The van der Waals surface area contributed by atoms with E-state index in [0.29, 0.717) is 23.6 Å². The van der Waals surface area contributed by atoms with E-state index in [1.54, 1.807) is 36.6 Å². The summed E-state index contributed by atoms with van der Waals surface area (Å²) in [4.78, 5) is 13.4. The fourth-order valence-electron chi connectivity index (χ4n) is 1.91. The van der Waals surface area contributed by atoms with Crippen LogP contribution in [0.3, 0.4) is 0 Å². The van der Waals surface area contributed by atoms with E-state index in [1.165, 1.54) is 12.7 Å². The third kappa shape index (κ3) is 2.93. The first kappa shape index (κ1) is 14.4. The van der Waals surface area contributed by atoms with E-state index in [1.807, 2.05) is 18.4 Å². The number of aryl methyl sites for hydroxylation is 1. The Morgan fingerprint density at radius 3 is 2.65 bits per heavy atom. The molecule has 2 aromatic rings. The maximum Gasteiger partial charge on any atom is 0.255 e. The highest BCUT2D eigenvalue weighted by atomic mass is 32.1. The minimum absolute atomic E-state index is 0.173. The van der Waals surface area contributed by atoms with E-state index >= 15 is 0 Å². The number of amides is 1. The van der Waals surface area contributed by atoms with Crippen LogP contribution in [-0.2, 0) is 6.54 Å². The first-order chi connectivity index (χ1) is 9.67. The van der Waals surface area contributed by atoms with Crippen LogP contribution in [0.4, 0.5) is 0 Å². The lowest BCUT2D eigenvalue weighted by atomic mass is 10.1. The monoisotopic (exact) mass is 291 g/mol. The van der Waals surface area contributed by atoms with Crippen molar-refractivity contribution < 1.29 is 14.3 Å². The smallest absolute Gasteiger partial charge is 0.255 e. The SMILES string of the molecule is COc1cccc(C(=O)NCc2sccc2C)c1OC. The van der Waals surface area contributed by atoms with Gasteiger partial charge in [-0.05, 0) is 36.1 Å². The fraction of sp³-hybridized carbons (Fsp3) is 0.267. The lowest BCUT2D eigenvalue weighted by Gasteiger charge is -2.12. The highest BCUT2D eigenvalue weighted by molar-refractivity contribution is 7.10. The first-order valence-electron chi connectivity index (χ1n) is 6.19. The molecule has 1 aromatic carbocycles. The van der Waals surface area contributed by atoms with Gasteiger partial charge in [0.15, 0.2) is 11.5 Å². The Balaban J connectivity index is 2.15. The zero-order valence-electron chi connectivity index (χ0n) is 11.7. The van der Waals surface area contributed by atoms with Gasteiger partial charge in [0.25, 0.3) is 5.91 Å². The van der Waals surface area contributed by atoms with Crippen molar-refractivity contribution in [1.29, 1.82) is 0 Å². The van der Waals surface area contributed by atoms with Crippen molar-refractivity contribution in [2.75, 3.05) is 14.2 Å². The molecule has 0 aliphatic heterocycles. The number of benzene rings is 1. The summed E-state index contributed by atoms with van der Waals surface area (Å²) in [5.74, 6) is 0.830. The Morgan fingerprint density at radius 2 is 2.05 bits per heavy atom. The minimum atomic E-state index is -0.173. The normalized spacial score (nSPS) is 10.2. The zero-order valence-corrected chi connectivity index (χ0v) is 12.5. The van der Waals surface area contributed by atoms with Crippen LogP contribution >= 0.6 is 11.3 Å².